The van der Waals surface area contributed by atoms with E-state index in [-0.39, 0.29) is 17.5 Å². The fourth-order valence-corrected chi connectivity index (χ4v) is 6.10. The molecule has 11 heteroatoms. The first-order valence-corrected chi connectivity index (χ1v) is 11.6. The maximum atomic E-state index is 13.1. The highest BCUT2D eigenvalue weighted by molar-refractivity contribution is 8.01. The van der Waals surface area contributed by atoms with Crippen LogP contribution in [0.15, 0.2) is 59.6 Å². The highest BCUT2D eigenvalue weighted by Crippen LogP contribution is 2.58. The number of esters is 1. The van der Waals surface area contributed by atoms with Crippen LogP contribution in [0.4, 0.5) is 5.69 Å². The van der Waals surface area contributed by atoms with E-state index in [1.54, 1.807) is 0 Å². The Labute approximate surface area is 204 Å². The molecule has 172 valence electrons. The quantitative estimate of drug-likeness (QED) is 0.110. The molecule has 2 aliphatic heterocycles. The minimum Gasteiger partial charge on any atom is -0.459 e. The number of halogens is 2. The second kappa shape index (κ2) is 8.62. The summed E-state index contributed by atoms with van der Waals surface area (Å²) in [6, 6.07) is 13.9. The second-order valence-corrected chi connectivity index (χ2v) is 10.8. The molecular formula is C22H19Cl2N3O5S. The van der Waals surface area contributed by atoms with Crippen molar-refractivity contribution >= 4 is 57.7 Å². The summed E-state index contributed by atoms with van der Waals surface area (Å²) in [6.45, 7) is 3.78. The standard InChI is InChI=1S/C22H19Cl2N3O5S/c1-21(2)16(18(28)32-12-13-6-4-3-5-7-13)26-19(29)22(24,20(26)33-21)25-17(23)14-8-10-15(11-9-14)27(30)31/h3-11,16,20H,12H2,1-2H3/t16-,20+,22+/m0/s1. The van der Waals surface area contributed by atoms with Crippen molar-refractivity contribution < 1.29 is 19.2 Å². The fraction of sp³-hybridized carbons (Fsp3) is 0.318. The number of rotatable bonds is 6. The predicted octanol–water partition coefficient (Wildman–Crippen LogP) is 4.32. The molecule has 0 aromatic heterocycles. The Hall–Kier alpha value is -2.62. The molecule has 0 N–H and O–H groups in total. The average molecular weight is 508 g/mol. The SMILES string of the molecule is CC1(C)S[C@H]2N(C(=O)[C@@]2(Cl)N=C(Cl)c2ccc([N+](=O)[O-])cc2)[C@H]1C(=O)OCc1ccccc1. The third-order valence-corrected chi connectivity index (χ3v) is 8.00. The number of β-lactam (4-membered cyclic amide) rings is 1. The Morgan fingerprint density at radius 1 is 1.21 bits per heavy atom. The van der Waals surface area contributed by atoms with E-state index in [1.807, 2.05) is 44.2 Å². The molecule has 2 aliphatic rings. The van der Waals surface area contributed by atoms with Crippen LogP contribution in [-0.2, 0) is 20.9 Å². The zero-order valence-corrected chi connectivity index (χ0v) is 19.9. The van der Waals surface area contributed by atoms with E-state index in [1.165, 1.54) is 40.9 Å². The molecule has 0 bridgehead atoms. The van der Waals surface area contributed by atoms with Crippen LogP contribution in [0.5, 0.6) is 0 Å². The Balaban J connectivity index is 1.52. The van der Waals surface area contributed by atoms with E-state index < -0.39 is 38.0 Å². The number of benzene rings is 2. The number of fused-ring (bicyclic) bond motifs is 1. The van der Waals surface area contributed by atoms with Crippen LogP contribution < -0.4 is 0 Å². The lowest BCUT2D eigenvalue weighted by atomic mass is 9.95. The summed E-state index contributed by atoms with van der Waals surface area (Å²) < 4.78 is 4.82. The maximum Gasteiger partial charge on any atom is 0.330 e. The number of ether oxygens (including phenoxy) is 1. The molecule has 33 heavy (non-hydrogen) atoms. The lowest BCUT2D eigenvalue weighted by molar-refractivity contribution is -0.384. The van der Waals surface area contributed by atoms with Gasteiger partial charge in [0.2, 0.25) is 5.00 Å². The van der Waals surface area contributed by atoms with Gasteiger partial charge in [-0.2, -0.15) is 0 Å². The van der Waals surface area contributed by atoms with Crippen LogP contribution in [0.25, 0.3) is 0 Å². The van der Waals surface area contributed by atoms with Gasteiger partial charge < -0.3 is 9.64 Å². The number of alkyl halides is 1. The molecule has 2 saturated heterocycles. The molecule has 3 atom stereocenters. The summed E-state index contributed by atoms with van der Waals surface area (Å²) in [7, 11) is 0. The fourth-order valence-electron chi connectivity index (χ4n) is 3.82. The van der Waals surface area contributed by atoms with Gasteiger partial charge in [0.1, 0.15) is 23.2 Å². The van der Waals surface area contributed by atoms with E-state index in [2.05, 4.69) is 4.99 Å². The van der Waals surface area contributed by atoms with Gasteiger partial charge in [-0.05, 0) is 31.5 Å². The molecule has 0 unspecified atom stereocenters. The number of carbonyl (C=O) groups excluding carboxylic acids is 2. The number of thioether (sulfide) groups is 1. The van der Waals surface area contributed by atoms with Crippen LogP contribution in [0.2, 0.25) is 0 Å². The van der Waals surface area contributed by atoms with Gasteiger partial charge in [-0.3, -0.25) is 14.9 Å². The van der Waals surface area contributed by atoms with Crippen molar-refractivity contribution in [3.8, 4) is 0 Å². The maximum absolute atomic E-state index is 13.1. The predicted molar refractivity (Wildman–Crippen MR) is 126 cm³/mol. The van der Waals surface area contributed by atoms with Crippen molar-refractivity contribution in [1.29, 1.82) is 0 Å². The number of aliphatic imine (C=N–C) groups is 1. The highest BCUT2D eigenvalue weighted by Gasteiger charge is 2.72. The van der Waals surface area contributed by atoms with Crippen LogP contribution in [0, 0.1) is 10.1 Å². The minimum absolute atomic E-state index is 0.0543. The summed E-state index contributed by atoms with van der Waals surface area (Å²) in [5.41, 5.74) is 1.13. The largest absolute Gasteiger partial charge is 0.459 e. The molecule has 2 fully saturated rings. The van der Waals surface area contributed by atoms with Gasteiger partial charge in [0.05, 0.1) is 4.92 Å². The highest BCUT2D eigenvalue weighted by atomic mass is 35.5. The lowest BCUT2D eigenvalue weighted by Crippen LogP contribution is -2.70. The van der Waals surface area contributed by atoms with E-state index in [4.69, 9.17) is 27.9 Å². The van der Waals surface area contributed by atoms with Gasteiger partial charge in [-0.1, -0.05) is 53.5 Å². The Morgan fingerprint density at radius 2 is 1.85 bits per heavy atom. The molecule has 4 rings (SSSR count). The van der Waals surface area contributed by atoms with E-state index >= 15 is 0 Å². The van der Waals surface area contributed by atoms with Crippen LogP contribution in [0.3, 0.4) is 0 Å². The number of amides is 1. The first kappa shape index (κ1) is 23.5. The first-order chi connectivity index (χ1) is 15.5. The first-order valence-electron chi connectivity index (χ1n) is 9.95. The van der Waals surface area contributed by atoms with Gasteiger partial charge in [-0.15, -0.1) is 11.8 Å². The summed E-state index contributed by atoms with van der Waals surface area (Å²) in [5, 5.41) is 10.2. The molecule has 0 radical (unpaired) electrons. The number of nitro benzene ring substituents is 1. The van der Waals surface area contributed by atoms with Crippen LogP contribution >= 0.6 is 35.0 Å². The summed E-state index contributed by atoms with van der Waals surface area (Å²) in [5.74, 6) is -1.06. The molecule has 2 aromatic rings. The van der Waals surface area contributed by atoms with E-state index in [9.17, 15) is 19.7 Å². The Morgan fingerprint density at radius 3 is 2.45 bits per heavy atom. The number of nitro groups is 1. The third-order valence-electron chi connectivity index (χ3n) is 5.49. The molecular weight excluding hydrogens is 489 g/mol. The molecule has 8 nitrogen and oxygen atoms in total. The Kier molecular flexibility index (Phi) is 6.15. The molecule has 2 aromatic carbocycles. The molecule has 0 aliphatic carbocycles. The van der Waals surface area contributed by atoms with Crippen molar-refractivity contribution in [1.82, 2.24) is 4.90 Å². The van der Waals surface area contributed by atoms with Gasteiger partial charge in [0.25, 0.3) is 11.6 Å². The zero-order chi connectivity index (χ0) is 24.0. The van der Waals surface area contributed by atoms with Crippen molar-refractivity contribution in [3.05, 3.63) is 75.8 Å². The van der Waals surface area contributed by atoms with Crippen molar-refractivity contribution in [2.75, 3.05) is 0 Å². The second-order valence-electron chi connectivity index (χ2n) is 8.16. The number of hydrogen-bond acceptors (Lipinski definition) is 7. The Bertz CT molecular complexity index is 1140. The number of hydrogen-bond donors (Lipinski definition) is 0. The van der Waals surface area contributed by atoms with E-state index in [0.29, 0.717) is 5.56 Å². The van der Waals surface area contributed by atoms with Crippen LogP contribution in [-0.4, -0.2) is 48.0 Å². The van der Waals surface area contributed by atoms with Gasteiger partial charge in [0, 0.05) is 22.4 Å². The van der Waals surface area contributed by atoms with Gasteiger partial charge >= 0.3 is 5.97 Å². The summed E-state index contributed by atoms with van der Waals surface area (Å²) >= 11 is 14.3. The van der Waals surface area contributed by atoms with Crippen molar-refractivity contribution in [2.24, 2.45) is 4.99 Å². The molecule has 0 saturated carbocycles. The average Bonchev–Trinajstić information content (AvgIpc) is 3.07. The monoisotopic (exact) mass is 507 g/mol. The summed E-state index contributed by atoms with van der Waals surface area (Å²) in [6.07, 6.45) is 0. The zero-order valence-electron chi connectivity index (χ0n) is 17.6. The number of carbonyl (C=O) groups is 2. The molecule has 1 amide bonds. The van der Waals surface area contributed by atoms with Crippen molar-refractivity contribution in [2.45, 2.75) is 41.6 Å². The van der Waals surface area contributed by atoms with Gasteiger partial charge in [-0.25, -0.2) is 9.79 Å². The molecule has 0 spiro atoms. The van der Waals surface area contributed by atoms with E-state index in [0.717, 1.165) is 5.56 Å². The topological polar surface area (TPSA) is 102 Å². The number of non-ortho nitro benzene ring substituents is 1. The minimum atomic E-state index is -1.69. The normalized spacial score (nSPS) is 25.9. The molecule has 2 heterocycles. The number of nitrogens with zero attached hydrogens (tertiary/aromatic N) is 3. The smallest absolute Gasteiger partial charge is 0.330 e. The van der Waals surface area contributed by atoms with Crippen LogP contribution in [0.1, 0.15) is 25.0 Å². The lowest BCUT2D eigenvalue weighted by Gasteiger charge is -2.47. The van der Waals surface area contributed by atoms with Gasteiger partial charge in [0.15, 0.2) is 0 Å². The third kappa shape index (κ3) is 4.20. The van der Waals surface area contributed by atoms with Crippen molar-refractivity contribution in [3.63, 3.8) is 0 Å². The summed E-state index contributed by atoms with van der Waals surface area (Å²) in [4.78, 5) is 40.3.